The fourth-order valence-corrected chi connectivity index (χ4v) is 1.15. The zero-order valence-electron chi connectivity index (χ0n) is 8.00. The Labute approximate surface area is 84.9 Å². The molecule has 0 aromatic rings. The van der Waals surface area contributed by atoms with Crippen LogP contribution in [0.1, 0.15) is 26.7 Å². The summed E-state index contributed by atoms with van der Waals surface area (Å²) in [5.74, 6) is -0.327. The lowest BCUT2D eigenvalue weighted by Gasteiger charge is -2.27. The third-order valence-corrected chi connectivity index (χ3v) is 1.67. The van der Waals surface area contributed by atoms with Crippen LogP contribution in [0, 0.1) is 10.8 Å². The Balaban J connectivity index is 0. The first-order valence-electron chi connectivity index (χ1n) is 3.98. The first-order chi connectivity index (χ1) is 5.50. The summed E-state index contributed by atoms with van der Waals surface area (Å²) in [5.41, 5.74) is 10.5. The summed E-state index contributed by atoms with van der Waals surface area (Å²) < 4.78 is 0. The summed E-state index contributed by atoms with van der Waals surface area (Å²) in [6, 6.07) is 0.0324. The molecule has 78 valence electrons. The smallest absolute Gasteiger partial charge is 0.195 e. The topological polar surface area (TPSA) is 103 Å². The molecule has 6 heteroatoms. The molecule has 0 spiro atoms. The summed E-state index contributed by atoms with van der Waals surface area (Å²) in [6.07, 6.45) is 1.86. The van der Waals surface area contributed by atoms with E-state index < -0.39 is 0 Å². The van der Waals surface area contributed by atoms with Crippen molar-refractivity contribution in [3.8, 4) is 0 Å². The molecule has 0 radical (unpaired) electrons. The van der Waals surface area contributed by atoms with Crippen LogP contribution in [0.5, 0.6) is 0 Å². The number of hydrogen-bond donors (Lipinski definition) is 4. The Hall–Kier alpha value is -0.970. The lowest BCUT2D eigenvalue weighted by Crippen LogP contribution is -2.49. The lowest BCUT2D eigenvalue weighted by molar-refractivity contribution is 0.422. The number of rotatable bonds is 3. The maximum atomic E-state index is 7.17. The van der Waals surface area contributed by atoms with E-state index in [2.05, 4.69) is 0 Å². The van der Waals surface area contributed by atoms with Gasteiger partial charge in [-0.15, -0.1) is 12.4 Å². The molecule has 0 aromatic carbocycles. The van der Waals surface area contributed by atoms with Crippen LogP contribution in [0.25, 0.3) is 0 Å². The Kier molecular flexibility index (Phi) is 7.31. The van der Waals surface area contributed by atoms with Gasteiger partial charge >= 0.3 is 0 Å². The van der Waals surface area contributed by atoms with Gasteiger partial charge in [-0.25, -0.2) is 0 Å². The predicted octanol–water partition coefficient (Wildman–Crippen LogP) is 0.686. The molecule has 1 unspecified atom stereocenters. The summed E-state index contributed by atoms with van der Waals surface area (Å²) in [5, 5.41) is 14.3. The van der Waals surface area contributed by atoms with Gasteiger partial charge in [0.1, 0.15) is 0 Å². The van der Waals surface area contributed by atoms with Gasteiger partial charge in [-0.2, -0.15) is 0 Å². The maximum Gasteiger partial charge on any atom is 0.195 e. The van der Waals surface area contributed by atoms with Crippen LogP contribution in [0.3, 0.4) is 0 Å². The Morgan fingerprint density at radius 2 is 1.69 bits per heavy atom. The second-order valence-corrected chi connectivity index (χ2v) is 2.78. The van der Waals surface area contributed by atoms with Crippen molar-refractivity contribution in [3.05, 3.63) is 0 Å². The molecule has 0 heterocycles. The van der Waals surface area contributed by atoms with Crippen LogP contribution < -0.4 is 11.5 Å². The van der Waals surface area contributed by atoms with Crippen LogP contribution in [0.4, 0.5) is 0 Å². The molecule has 0 aromatic heterocycles. The molecule has 0 saturated heterocycles. The fraction of sp³-hybridized carbons (Fsp3) is 0.714. The molecule has 0 aliphatic heterocycles. The quantitative estimate of drug-likeness (QED) is 0.404. The molecule has 0 rings (SSSR count). The average Bonchev–Trinajstić information content (AvgIpc) is 1.85. The van der Waals surface area contributed by atoms with Gasteiger partial charge in [0.15, 0.2) is 11.9 Å². The molecule has 1 atom stereocenters. The number of hydrogen-bond acceptors (Lipinski definition) is 2. The van der Waals surface area contributed by atoms with E-state index in [0.29, 0.717) is 0 Å². The first-order valence-corrected chi connectivity index (χ1v) is 3.98. The standard InChI is InChI=1S/C7H17N5.ClH/c1-3-4-5(2)12(6(8)9)7(10)11;/h5H,3-4H2,1-2H3,(H3,8,9)(H3,10,11);1H. The molecule has 0 aliphatic rings. The molecule has 0 saturated carbocycles. The van der Waals surface area contributed by atoms with Crippen molar-refractivity contribution in [1.82, 2.24) is 4.90 Å². The summed E-state index contributed by atoms with van der Waals surface area (Å²) in [7, 11) is 0. The Morgan fingerprint density at radius 1 is 1.31 bits per heavy atom. The van der Waals surface area contributed by atoms with E-state index in [9.17, 15) is 0 Å². The van der Waals surface area contributed by atoms with Gasteiger partial charge in [0.05, 0.1) is 0 Å². The second kappa shape index (κ2) is 6.54. The zero-order valence-corrected chi connectivity index (χ0v) is 8.82. The van der Waals surface area contributed by atoms with E-state index in [1.807, 2.05) is 13.8 Å². The molecule has 0 amide bonds. The molecule has 0 fully saturated rings. The maximum absolute atomic E-state index is 7.17. The number of halogens is 1. The molecule has 13 heavy (non-hydrogen) atoms. The highest BCUT2D eigenvalue weighted by Crippen LogP contribution is 2.04. The van der Waals surface area contributed by atoms with Gasteiger partial charge in [0.2, 0.25) is 0 Å². The minimum atomic E-state index is -0.163. The van der Waals surface area contributed by atoms with Crippen molar-refractivity contribution >= 4 is 24.3 Å². The molecule has 6 N–H and O–H groups in total. The summed E-state index contributed by atoms with van der Waals surface area (Å²) in [4.78, 5) is 1.31. The number of nitrogens with zero attached hydrogens (tertiary/aromatic N) is 1. The Bertz CT molecular complexity index is 168. The second-order valence-electron chi connectivity index (χ2n) is 2.78. The minimum absolute atomic E-state index is 0. The lowest BCUT2D eigenvalue weighted by atomic mass is 10.2. The van der Waals surface area contributed by atoms with Crippen molar-refractivity contribution in [2.75, 3.05) is 0 Å². The Morgan fingerprint density at radius 3 is 1.92 bits per heavy atom. The zero-order chi connectivity index (χ0) is 9.72. The fourth-order valence-electron chi connectivity index (χ4n) is 1.15. The largest absolute Gasteiger partial charge is 0.370 e. The number of nitrogens with two attached hydrogens (primary N) is 2. The highest BCUT2D eigenvalue weighted by Gasteiger charge is 2.16. The van der Waals surface area contributed by atoms with Crippen molar-refractivity contribution in [2.24, 2.45) is 11.5 Å². The van der Waals surface area contributed by atoms with Crippen molar-refractivity contribution < 1.29 is 0 Å². The average molecular weight is 208 g/mol. The van der Waals surface area contributed by atoms with Gasteiger partial charge in [-0.05, 0) is 13.3 Å². The SMILES string of the molecule is CCCC(C)N(C(=N)N)C(=N)N.Cl. The monoisotopic (exact) mass is 207 g/mol. The van der Waals surface area contributed by atoms with E-state index in [-0.39, 0.29) is 30.4 Å². The van der Waals surface area contributed by atoms with Crippen molar-refractivity contribution in [2.45, 2.75) is 32.7 Å². The molecule has 5 nitrogen and oxygen atoms in total. The summed E-state index contributed by atoms with van der Waals surface area (Å²) >= 11 is 0. The molecular formula is C7H18ClN5. The third kappa shape index (κ3) is 4.57. The molecule has 0 bridgehead atoms. The van der Waals surface area contributed by atoms with Crippen LogP contribution in [0.15, 0.2) is 0 Å². The van der Waals surface area contributed by atoms with Gasteiger partial charge in [-0.1, -0.05) is 13.3 Å². The highest BCUT2D eigenvalue weighted by molar-refractivity contribution is 5.94. The van der Waals surface area contributed by atoms with E-state index in [4.69, 9.17) is 22.3 Å². The van der Waals surface area contributed by atoms with Crippen LogP contribution in [-0.2, 0) is 0 Å². The van der Waals surface area contributed by atoms with Gasteiger partial charge in [0, 0.05) is 6.04 Å². The third-order valence-electron chi connectivity index (χ3n) is 1.67. The van der Waals surface area contributed by atoms with Crippen LogP contribution in [0.2, 0.25) is 0 Å². The van der Waals surface area contributed by atoms with E-state index >= 15 is 0 Å². The predicted molar refractivity (Wildman–Crippen MR) is 57.3 cm³/mol. The molecular weight excluding hydrogens is 190 g/mol. The summed E-state index contributed by atoms with van der Waals surface area (Å²) in [6.45, 7) is 3.93. The van der Waals surface area contributed by atoms with Gasteiger partial charge in [-0.3, -0.25) is 15.7 Å². The van der Waals surface area contributed by atoms with Crippen LogP contribution >= 0.6 is 12.4 Å². The van der Waals surface area contributed by atoms with E-state index in [1.54, 1.807) is 0 Å². The van der Waals surface area contributed by atoms with Crippen LogP contribution in [-0.4, -0.2) is 22.9 Å². The van der Waals surface area contributed by atoms with E-state index in [1.165, 1.54) is 4.90 Å². The highest BCUT2D eigenvalue weighted by atomic mass is 35.5. The van der Waals surface area contributed by atoms with Crippen molar-refractivity contribution in [3.63, 3.8) is 0 Å². The van der Waals surface area contributed by atoms with Crippen molar-refractivity contribution in [1.29, 1.82) is 10.8 Å². The van der Waals surface area contributed by atoms with Gasteiger partial charge in [0.25, 0.3) is 0 Å². The normalized spacial score (nSPS) is 11.2. The number of nitrogens with one attached hydrogen (secondary N) is 2. The molecule has 0 aliphatic carbocycles. The van der Waals surface area contributed by atoms with E-state index in [0.717, 1.165) is 12.8 Å². The minimum Gasteiger partial charge on any atom is -0.370 e. The van der Waals surface area contributed by atoms with Gasteiger partial charge < -0.3 is 11.5 Å². The number of guanidine groups is 2. The first kappa shape index (κ1) is 14.5.